The van der Waals surface area contributed by atoms with Gasteiger partial charge in [0.1, 0.15) is 10.6 Å². The van der Waals surface area contributed by atoms with Crippen LogP contribution in [0, 0.1) is 0 Å². The van der Waals surface area contributed by atoms with Crippen molar-refractivity contribution in [3.05, 3.63) is 18.0 Å². The van der Waals surface area contributed by atoms with E-state index in [1.54, 1.807) is 0 Å². The Labute approximate surface area is 123 Å². The van der Waals surface area contributed by atoms with Gasteiger partial charge in [0.15, 0.2) is 0 Å². The Kier molecular flexibility index (Phi) is 5.91. The number of carboxylic acids is 1. The number of nitrogens with one attached hydrogen (secondary N) is 2. The molecule has 0 aliphatic rings. The zero-order valence-electron chi connectivity index (χ0n) is 11.9. The lowest BCUT2D eigenvalue weighted by atomic mass is 10.4. The molecule has 1 aromatic rings. The zero-order valence-corrected chi connectivity index (χ0v) is 12.7. The van der Waals surface area contributed by atoms with Crippen molar-refractivity contribution in [2.24, 2.45) is 0 Å². The average Bonchev–Trinajstić information content (AvgIpc) is 2.83. The number of nitrogens with zero attached hydrogens (tertiary/aromatic N) is 1. The van der Waals surface area contributed by atoms with Crippen molar-refractivity contribution in [1.82, 2.24) is 14.6 Å². The van der Waals surface area contributed by atoms with Gasteiger partial charge in [-0.15, -0.1) is 0 Å². The maximum absolute atomic E-state index is 12.0. The summed E-state index contributed by atoms with van der Waals surface area (Å²) in [6.07, 6.45) is 1.98. The summed E-state index contributed by atoms with van der Waals surface area (Å²) in [5.74, 6) is -1.47. The number of sulfonamides is 1. The fourth-order valence-corrected chi connectivity index (χ4v) is 2.81. The molecule has 0 fully saturated rings. The summed E-state index contributed by atoms with van der Waals surface area (Å²) >= 11 is 0. The average molecular weight is 317 g/mol. The summed E-state index contributed by atoms with van der Waals surface area (Å²) in [5.41, 5.74) is -0.0801. The predicted octanol–water partition coefficient (Wildman–Crippen LogP) is 0.0107. The largest absolute Gasteiger partial charge is 0.477 e. The van der Waals surface area contributed by atoms with Crippen LogP contribution >= 0.6 is 0 Å². The van der Waals surface area contributed by atoms with Crippen molar-refractivity contribution in [2.45, 2.75) is 31.2 Å². The van der Waals surface area contributed by atoms with Gasteiger partial charge in [-0.1, -0.05) is 6.92 Å². The lowest BCUT2D eigenvalue weighted by molar-refractivity contribution is -0.120. The van der Waals surface area contributed by atoms with E-state index in [0.29, 0.717) is 13.0 Å². The van der Waals surface area contributed by atoms with E-state index in [1.165, 1.54) is 17.8 Å². The molecule has 1 aromatic heterocycles. The van der Waals surface area contributed by atoms with Gasteiger partial charge in [-0.25, -0.2) is 17.9 Å². The minimum absolute atomic E-state index is 0.0111. The highest BCUT2D eigenvalue weighted by Gasteiger charge is 2.21. The highest BCUT2D eigenvalue weighted by molar-refractivity contribution is 7.89. The number of hydrogen-bond donors (Lipinski definition) is 3. The Balaban J connectivity index is 2.90. The van der Waals surface area contributed by atoms with Crippen LogP contribution in [0.2, 0.25) is 0 Å². The van der Waals surface area contributed by atoms with Crippen molar-refractivity contribution in [3.8, 4) is 0 Å². The van der Waals surface area contributed by atoms with Gasteiger partial charge in [0.05, 0.1) is 0 Å². The first-order chi connectivity index (χ1) is 9.81. The first kappa shape index (κ1) is 17.2. The standard InChI is InChI=1S/C12H19N3O5S/c1-3-6-15-8-9(7-10(15)12(17)18)21(19,20)14-5-4-11(16)13-2/h7-8,14H,3-6H2,1-2H3,(H,13,16)(H,17,18). The van der Waals surface area contributed by atoms with Crippen LogP contribution in [0.4, 0.5) is 0 Å². The molecular weight excluding hydrogens is 298 g/mol. The van der Waals surface area contributed by atoms with E-state index in [0.717, 1.165) is 6.07 Å². The molecule has 118 valence electrons. The van der Waals surface area contributed by atoms with Crippen LogP contribution in [-0.2, 0) is 21.4 Å². The van der Waals surface area contributed by atoms with E-state index in [1.807, 2.05) is 6.92 Å². The molecule has 9 heteroatoms. The Bertz CT molecular complexity index is 621. The lowest BCUT2D eigenvalue weighted by Gasteiger charge is -2.04. The molecule has 0 aromatic carbocycles. The van der Waals surface area contributed by atoms with Gasteiger partial charge in [-0.3, -0.25) is 4.79 Å². The monoisotopic (exact) mass is 317 g/mol. The van der Waals surface area contributed by atoms with Crippen LogP contribution in [0.25, 0.3) is 0 Å². The number of amides is 1. The molecular formula is C12H19N3O5S. The van der Waals surface area contributed by atoms with Crippen LogP contribution < -0.4 is 10.0 Å². The first-order valence-electron chi connectivity index (χ1n) is 6.45. The molecule has 0 atom stereocenters. The number of aromatic carboxylic acids is 1. The summed E-state index contributed by atoms with van der Waals surface area (Å²) < 4.78 is 27.7. The maximum Gasteiger partial charge on any atom is 0.352 e. The molecule has 0 spiro atoms. The molecule has 1 heterocycles. The quantitative estimate of drug-likeness (QED) is 0.624. The van der Waals surface area contributed by atoms with Gasteiger partial charge < -0.3 is 15.0 Å². The molecule has 0 saturated heterocycles. The molecule has 0 aliphatic carbocycles. The summed E-state index contributed by atoms with van der Waals surface area (Å²) in [6, 6.07) is 1.11. The van der Waals surface area contributed by atoms with Crippen molar-refractivity contribution in [3.63, 3.8) is 0 Å². The molecule has 21 heavy (non-hydrogen) atoms. The number of aryl methyl sites for hydroxylation is 1. The van der Waals surface area contributed by atoms with Gasteiger partial charge in [-0.2, -0.15) is 0 Å². The van der Waals surface area contributed by atoms with E-state index in [4.69, 9.17) is 5.11 Å². The highest BCUT2D eigenvalue weighted by atomic mass is 32.2. The molecule has 0 unspecified atom stereocenters. The number of carbonyl (C=O) groups excluding carboxylic acids is 1. The van der Waals surface area contributed by atoms with E-state index in [2.05, 4.69) is 10.0 Å². The van der Waals surface area contributed by atoms with Crippen LogP contribution in [0.5, 0.6) is 0 Å². The second-order valence-electron chi connectivity index (χ2n) is 4.38. The molecule has 0 saturated carbocycles. The summed E-state index contributed by atoms with van der Waals surface area (Å²) in [7, 11) is -2.37. The fraction of sp³-hybridized carbons (Fsp3) is 0.500. The number of rotatable bonds is 8. The number of aromatic nitrogens is 1. The van der Waals surface area contributed by atoms with E-state index < -0.39 is 16.0 Å². The molecule has 0 aliphatic heterocycles. The van der Waals surface area contributed by atoms with Gasteiger partial charge >= 0.3 is 5.97 Å². The van der Waals surface area contributed by atoms with Crippen molar-refractivity contribution >= 4 is 21.9 Å². The minimum Gasteiger partial charge on any atom is -0.477 e. The first-order valence-corrected chi connectivity index (χ1v) is 7.93. The molecule has 1 rings (SSSR count). The summed E-state index contributed by atoms with van der Waals surface area (Å²) in [4.78, 5) is 22.0. The van der Waals surface area contributed by atoms with Crippen molar-refractivity contribution in [2.75, 3.05) is 13.6 Å². The number of carboxylic acid groups (broad SMARTS) is 1. The number of hydrogen-bond acceptors (Lipinski definition) is 4. The fourth-order valence-electron chi connectivity index (χ4n) is 1.74. The molecule has 0 bridgehead atoms. The Morgan fingerprint density at radius 1 is 1.38 bits per heavy atom. The summed E-state index contributed by atoms with van der Waals surface area (Å²) in [6.45, 7) is 2.22. The topological polar surface area (TPSA) is 118 Å². The van der Waals surface area contributed by atoms with Gasteiger partial charge in [0, 0.05) is 32.8 Å². The molecule has 1 amide bonds. The van der Waals surface area contributed by atoms with Gasteiger partial charge in [0.25, 0.3) is 0 Å². The SMILES string of the molecule is CCCn1cc(S(=O)(=O)NCCC(=O)NC)cc1C(=O)O. The van der Waals surface area contributed by atoms with Crippen molar-refractivity contribution in [1.29, 1.82) is 0 Å². The predicted molar refractivity (Wildman–Crippen MR) is 75.6 cm³/mol. The second kappa shape index (κ2) is 7.23. The third kappa shape index (κ3) is 4.57. The normalized spacial score (nSPS) is 11.3. The van der Waals surface area contributed by atoms with Crippen LogP contribution in [0.15, 0.2) is 17.2 Å². The van der Waals surface area contributed by atoms with E-state index in [-0.39, 0.29) is 29.5 Å². The van der Waals surface area contributed by atoms with Gasteiger partial charge in [0.2, 0.25) is 15.9 Å². The van der Waals surface area contributed by atoms with Crippen LogP contribution in [0.1, 0.15) is 30.3 Å². The van der Waals surface area contributed by atoms with Crippen LogP contribution in [-0.4, -0.2) is 43.6 Å². The maximum atomic E-state index is 12.0. The minimum atomic E-state index is -3.83. The van der Waals surface area contributed by atoms with E-state index in [9.17, 15) is 18.0 Å². The Hall–Kier alpha value is -1.87. The van der Waals surface area contributed by atoms with Gasteiger partial charge in [-0.05, 0) is 12.5 Å². The molecule has 3 N–H and O–H groups in total. The Morgan fingerprint density at radius 2 is 2.05 bits per heavy atom. The lowest BCUT2D eigenvalue weighted by Crippen LogP contribution is -2.29. The zero-order chi connectivity index (χ0) is 16.0. The van der Waals surface area contributed by atoms with Crippen molar-refractivity contribution < 1.29 is 23.1 Å². The second-order valence-corrected chi connectivity index (χ2v) is 6.15. The highest BCUT2D eigenvalue weighted by Crippen LogP contribution is 2.15. The van der Waals surface area contributed by atoms with E-state index >= 15 is 0 Å². The third-order valence-corrected chi connectivity index (χ3v) is 4.22. The number of carbonyl (C=O) groups is 2. The Morgan fingerprint density at radius 3 is 2.57 bits per heavy atom. The van der Waals surface area contributed by atoms with Crippen LogP contribution in [0.3, 0.4) is 0 Å². The molecule has 8 nitrogen and oxygen atoms in total. The molecule has 0 radical (unpaired) electrons. The summed E-state index contributed by atoms with van der Waals surface area (Å²) in [5, 5.41) is 11.4. The smallest absolute Gasteiger partial charge is 0.352 e. The third-order valence-electron chi connectivity index (χ3n) is 2.79.